The molecule has 2 atom stereocenters. The van der Waals surface area contributed by atoms with Gasteiger partial charge in [0.25, 0.3) is 0 Å². The molecule has 3 aromatic rings. The van der Waals surface area contributed by atoms with Gasteiger partial charge >= 0.3 is 0 Å². The lowest BCUT2D eigenvalue weighted by Crippen LogP contribution is -2.29. The minimum absolute atomic E-state index is 0.0166. The average molecular weight is 431 g/mol. The fourth-order valence-corrected chi connectivity index (χ4v) is 4.93. The van der Waals surface area contributed by atoms with Crippen LogP contribution in [0.2, 0.25) is 0 Å². The van der Waals surface area contributed by atoms with Crippen molar-refractivity contribution in [3.8, 4) is 0 Å². The summed E-state index contributed by atoms with van der Waals surface area (Å²) in [5.74, 6) is 0. The Labute approximate surface area is 164 Å². The summed E-state index contributed by atoms with van der Waals surface area (Å²) in [5, 5.41) is 6.29. The Morgan fingerprint density at radius 1 is 1.16 bits per heavy atom. The molecule has 1 aliphatic rings. The van der Waals surface area contributed by atoms with Crippen LogP contribution < -0.4 is 5.32 Å². The molecule has 1 saturated heterocycles. The third-order valence-corrected chi connectivity index (χ3v) is 6.25. The van der Waals surface area contributed by atoms with Crippen LogP contribution in [0.25, 0.3) is 0 Å². The molecule has 0 spiro atoms. The molecule has 25 heavy (non-hydrogen) atoms. The van der Waals surface area contributed by atoms with Crippen LogP contribution in [-0.4, -0.2) is 20.0 Å². The van der Waals surface area contributed by atoms with Gasteiger partial charge in [0, 0.05) is 27.1 Å². The van der Waals surface area contributed by atoms with Crippen LogP contribution in [0.3, 0.4) is 0 Å². The first-order valence-electron chi connectivity index (χ1n) is 7.84. The van der Waals surface area contributed by atoms with Gasteiger partial charge in [-0.05, 0) is 58.5 Å². The summed E-state index contributed by atoms with van der Waals surface area (Å²) in [6, 6.07) is 14.2. The Hall–Kier alpha value is -1.83. The molecule has 126 valence electrons. The molecule has 4 nitrogen and oxygen atoms in total. The van der Waals surface area contributed by atoms with Crippen molar-refractivity contribution < 1.29 is 0 Å². The smallest absolute Gasteiger partial charge is 0.170 e. The van der Waals surface area contributed by atoms with Crippen LogP contribution in [0.4, 0.5) is 0 Å². The third kappa shape index (κ3) is 3.44. The molecule has 1 N–H and O–H groups in total. The van der Waals surface area contributed by atoms with E-state index in [-0.39, 0.29) is 12.1 Å². The van der Waals surface area contributed by atoms with Crippen LogP contribution in [0, 0.1) is 0 Å². The van der Waals surface area contributed by atoms with Crippen LogP contribution in [0.5, 0.6) is 0 Å². The number of thiophene rings is 1. The van der Waals surface area contributed by atoms with Gasteiger partial charge < -0.3 is 10.2 Å². The minimum Gasteiger partial charge on any atom is -0.352 e. The molecule has 4 rings (SSSR count). The summed E-state index contributed by atoms with van der Waals surface area (Å²) in [7, 11) is 0. The highest BCUT2D eigenvalue weighted by Crippen LogP contribution is 2.42. The van der Waals surface area contributed by atoms with E-state index in [2.05, 4.69) is 47.6 Å². The second-order valence-corrected chi connectivity index (χ2v) is 7.99. The van der Waals surface area contributed by atoms with Gasteiger partial charge in [0.2, 0.25) is 0 Å². The SMILES string of the molecule is S=C1NC(c2ccccn2)C(c2cc(Br)cs2)N1Cc1ccccn1. The van der Waals surface area contributed by atoms with E-state index in [0.29, 0.717) is 6.54 Å². The summed E-state index contributed by atoms with van der Waals surface area (Å²) < 4.78 is 1.09. The summed E-state index contributed by atoms with van der Waals surface area (Å²) in [5.41, 5.74) is 1.98. The van der Waals surface area contributed by atoms with Crippen LogP contribution in [0.15, 0.2) is 64.7 Å². The summed E-state index contributed by atoms with van der Waals surface area (Å²) in [6.45, 7) is 0.663. The second kappa shape index (κ2) is 7.19. The molecular formula is C18H15BrN4S2. The van der Waals surface area contributed by atoms with E-state index < -0.39 is 0 Å². The van der Waals surface area contributed by atoms with E-state index in [9.17, 15) is 0 Å². The molecule has 3 aromatic heterocycles. The maximum Gasteiger partial charge on any atom is 0.170 e. The number of rotatable bonds is 4. The number of hydrogen-bond acceptors (Lipinski definition) is 4. The zero-order valence-electron chi connectivity index (χ0n) is 13.2. The van der Waals surface area contributed by atoms with E-state index in [1.807, 2.05) is 48.8 Å². The predicted molar refractivity (Wildman–Crippen MR) is 107 cm³/mol. The number of nitrogens with one attached hydrogen (secondary N) is 1. The topological polar surface area (TPSA) is 41.1 Å². The van der Waals surface area contributed by atoms with Crippen molar-refractivity contribution in [2.24, 2.45) is 0 Å². The van der Waals surface area contributed by atoms with Crippen molar-refractivity contribution in [2.45, 2.75) is 18.6 Å². The predicted octanol–water partition coefficient (Wildman–Crippen LogP) is 4.47. The highest BCUT2D eigenvalue weighted by Gasteiger charge is 2.40. The van der Waals surface area contributed by atoms with Crippen molar-refractivity contribution in [3.63, 3.8) is 0 Å². The van der Waals surface area contributed by atoms with E-state index >= 15 is 0 Å². The van der Waals surface area contributed by atoms with Gasteiger partial charge in [0.1, 0.15) is 0 Å². The molecular weight excluding hydrogens is 416 g/mol. The fraction of sp³-hybridized carbons (Fsp3) is 0.167. The molecule has 2 unspecified atom stereocenters. The standard InChI is InChI=1S/C18H15BrN4S2/c19-12-9-15(25-11-12)17-16(14-6-2-4-8-21-14)22-18(24)23(17)10-13-5-1-3-7-20-13/h1-9,11,16-17H,10H2,(H,22,24). The van der Waals surface area contributed by atoms with Gasteiger partial charge in [0.05, 0.1) is 30.0 Å². The Kier molecular flexibility index (Phi) is 4.78. The van der Waals surface area contributed by atoms with Gasteiger partial charge in [-0.15, -0.1) is 11.3 Å². The number of aromatic nitrogens is 2. The summed E-state index contributed by atoms with van der Waals surface area (Å²) in [4.78, 5) is 12.5. The van der Waals surface area contributed by atoms with Gasteiger partial charge in [-0.1, -0.05) is 12.1 Å². The van der Waals surface area contributed by atoms with Crippen molar-refractivity contribution in [1.82, 2.24) is 20.2 Å². The lowest BCUT2D eigenvalue weighted by atomic mass is 10.0. The zero-order valence-corrected chi connectivity index (χ0v) is 16.4. The van der Waals surface area contributed by atoms with Crippen LogP contribution >= 0.6 is 39.5 Å². The van der Waals surface area contributed by atoms with Crippen molar-refractivity contribution >= 4 is 44.6 Å². The van der Waals surface area contributed by atoms with Gasteiger partial charge in [-0.3, -0.25) is 9.97 Å². The van der Waals surface area contributed by atoms with Crippen molar-refractivity contribution in [2.75, 3.05) is 0 Å². The Bertz CT molecular complexity index is 869. The average Bonchev–Trinajstić information content (AvgIpc) is 3.20. The normalized spacial score (nSPS) is 19.9. The Morgan fingerprint density at radius 3 is 2.60 bits per heavy atom. The van der Waals surface area contributed by atoms with Gasteiger partial charge in [0.15, 0.2) is 5.11 Å². The van der Waals surface area contributed by atoms with Gasteiger partial charge in [-0.2, -0.15) is 0 Å². The number of hydrogen-bond donors (Lipinski definition) is 1. The van der Waals surface area contributed by atoms with Crippen molar-refractivity contribution in [1.29, 1.82) is 0 Å². The highest BCUT2D eigenvalue weighted by atomic mass is 79.9. The minimum atomic E-state index is 0.0166. The van der Waals surface area contributed by atoms with E-state index in [4.69, 9.17) is 12.2 Å². The van der Waals surface area contributed by atoms with E-state index in [0.717, 1.165) is 21.0 Å². The quantitative estimate of drug-likeness (QED) is 0.618. The van der Waals surface area contributed by atoms with E-state index in [1.165, 1.54) is 4.88 Å². The first kappa shape index (κ1) is 16.6. The number of thiocarbonyl (C=S) groups is 1. The number of nitrogens with zero attached hydrogens (tertiary/aromatic N) is 3. The molecule has 0 aromatic carbocycles. The molecule has 0 aliphatic carbocycles. The highest BCUT2D eigenvalue weighted by molar-refractivity contribution is 9.10. The molecule has 1 aliphatic heterocycles. The molecule has 0 amide bonds. The van der Waals surface area contributed by atoms with E-state index in [1.54, 1.807) is 11.3 Å². The van der Waals surface area contributed by atoms with Crippen LogP contribution in [0.1, 0.15) is 28.3 Å². The maximum atomic E-state index is 5.65. The summed E-state index contributed by atoms with van der Waals surface area (Å²) >= 11 is 10.9. The Morgan fingerprint density at radius 2 is 1.96 bits per heavy atom. The lowest BCUT2D eigenvalue weighted by Gasteiger charge is -2.26. The van der Waals surface area contributed by atoms with Crippen molar-refractivity contribution in [3.05, 3.63) is 81.0 Å². The third-order valence-electron chi connectivity index (χ3n) is 4.14. The van der Waals surface area contributed by atoms with Crippen LogP contribution in [-0.2, 0) is 6.54 Å². The molecule has 0 bridgehead atoms. The number of pyridine rings is 2. The molecule has 0 saturated carbocycles. The molecule has 4 heterocycles. The Balaban J connectivity index is 1.72. The molecule has 1 fully saturated rings. The second-order valence-electron chi connectivity index (χ2n) is 5.74. The molecule has 0 radical (unpaired) electrons. The maximum absolute atomic E-state index is 5.65. The van der Waals surface area contributed by atoms with Gasteiger partial charge in [-0.25, -0.2) is 0 Å². The zero-order chi connectivity index (χ0) is 17.2. The largest absolute Gasteiger partial charge is 0.352 e. The summed E-state index contributed by atoms with van der Waals surface area (Å²) in [6.07, 6.45) is 3.64. The fourth-order valence-electron chi connectivity index (χ4n) is 3.03. The first-order valence-corrected chi connectivity index (χ1v) is 9.92. The monoisotopic (exact) mass is 430 g/mol. The number of halogens is 1. The molecule has 7 heteroatoms. The lowest BCUT2D eigenvalue weighted by molar-refractivity contribution is 0.312. The first-order chi connectivity index (χ1) is 12.2.